The molecule has 0 saturated heterocycles. The fourth-order valence-corrected chi connectivity index (χ4v) is 3.86. The van der Waals surface area contributed by atoms with Crippen molar-refractivity contribution in [3.8, 4) is 11.5 Å². The van der Waals surface area contributed by atoms with Gasteiger partial charge in [-0.3, -0.25) is 9.69 Å². The van der Waals surface area contributed by atoms with E-state index in [1.165, 1.54) is 16.7 Å². The Labute approximate surface area is 160 Å². The lowest BCUT2D eigenvalue weighted by molar-refractivity contribution is -0.137. The summed E-state index contributed by atoms with van der Waals surface area (Å²) in [6.07, 6.45) is 2.74. The van der Waals surface area contributed by atoms with Crippen LogP contribution in [0.1, 0.15) is 42.0 Å². The Balaban J connectivity index is 1.92. The predicted octanol–water partition coefficient (Wildman–Crippen LogP) is 3.91. The molecule has 0 saturated carbocycles. The van der Waals surface area contributed by atoms with Crippen LogP contribution in [0.3, 0.4) is 0 Å². The van der Waals surface area contributed by atoms with Gasteiger partial charge < -0.3 is 14.6 Å². The van der Waals surface area contributed by atoms with Crippen molar-refractivity contribution >= 4 is 5.97 Å². The third-order valence-corrected chi connectivity index (χ3v) is 5.17. The Morgan fingerprint density at radius 2 is 1.81 bits per heavy atom. The molecule has 2 aromatic carbocycles. The number of methoxy groups -OCH3 is 2. The lowest BCUT2D eigenvalue weighted by Gasteiger charge is -2.38. The lowest BCUT2D eigenvalue weighted by atomic mass is 9.87. The number of carboxylic acids is 1. The van der Waals surface area contributed by atoms with E-state index in [9.17, 15) is 4.79 Å². The third kappa shape index (κ3) is 4.42. The van der Waals surface area contributed by atoms with Gasteiger partial charge in [0, 0.05) is 13.0 Å². The summed E-state index contributed by atoms with van der Waals surface area (Å²) >= 11 is 0. The molecule has 5 nitrogen and oxygen atoms in total. The maximum absolute atomic E-state index is 10.8. The van der Waals surface area contributed by atoms with E-state index in [1.54, 1.807) is 14.2 Å². The van der Waals surface area contributed by atoms with Crippen LogP contribution >= 0.6 is 0 Å². The number of fused-ring (bicyclic) bond motifs is 1. The van der Waals surface area contributed by atoms with Gasteiger partial charge in [0.25, 0.3) is 0 Å². The maximum Gasteiger partial charge on any atom is 0.303 e. The minimum absolute atomic E-state index is 0.139. The summed E-state index contributed by atoms with van der Waals surface area (Å²) in [7, 11) is 3.32. The molecule has 144 valence electrons. The molecule has 0 bridgehead atoms. The summed E-state index contributed by atoms with van der Waals surface area (Å²) in [5, 5.41) is 8.88. The topological polar surface area (TPSA) is 59.0 Å². The van der Waals surface area contributed by atoms with Gasteiger partial charge in [-0.05, 0) is 54.6 Å². The summed E-state index contributed by atoms with van der Waals surface area (Å²) < 4.78 is 11.0. The Morgan fingerprint density at radius 3 is 2.48 bits per heavy atom. The molecule has 0 spiro atoms. The first-order valence-corrected chi connectivity index (χ1v) is 9.39. The number of ether oxygens (including phenoxy) is 2. The Morgan fingerprint density at radius 1 is 1.11 bits per heavy atom. The van der Waals surface area contributed by atoms with Gasteiger partial charge in [-0.2, -0.15) is 0 Å². The van der Waals surface area contributed by atoms with Gasteiger partial charge in [-0.15, -0.1) is 0 Å². The fraction of sp³-hybridized carbons (Fsp3) is 0.409. The highest BCUT2D eigenvalue weighted by Crippen LogP contribution is 2.41. The van der Waals surface area contributed by atoms with Crippen molar-refractivity contribution in [2.75, 3.05) is 27.3 Å². The molecule has 0 amide bonds. The van der Waals surface area contributed by atoms with E-state index >= 15 is 0 Å². The van der Waals surface area contributed by atoms with Crippen LogP contribution in [0, 0.1) is 0 Å². The first-order valence-electron chi connectivity index (χ1n) is 9.39. The van der Waals surface area contributed by atoms with E-state index in [-0.39, 0.29) is 12.5 Å². The highest BCUT2D eigenvalue weighted by molar-refractivity contribution is 5.66. The SMILES string of the molecule is COc1cc2c(cc1OC)C(c1ccccc1)N(CCCCC(=O)O)CC2. The van der Waals surface area contributed by atoms with Crippen molar-refractivity contribution in [2.24, 2.45) is 0 Å². The standard InChI is InChI=1S/C22H27NO4/c1-26-19-14-17-11-13-23(12-7-6-10-21(24)25)22(16-8-4-3-5-9-16)18(17)15-20(19)27-2/h3-5,8-9,14-15,22H,6-7,10-13H2,1-2H3,(H,24,25). The normalized spacial score (nSPS) is 16.6. The molecule has 1 N–H and O–H groups in total. The molecule has 1 atom stereocenters. The summed E-state index contributed by atoms with van der Waals surface area (Å²) in [5.41, 5.74) is 3.76. The monoisotopic (exact) mass is 369 g/mol. The molecule has 1 heterocycles. The van der Waals surface area contributed by atoms with Gasteiger partial charge in [-0.1, -0.05) is 30.3 Å². The Kier molecular flexibility index (Phi) is 6.35. The number of hydrogen-bond acceptors (Lipinski definition) is 4. The van der Waals surface area contributed by atoms with E-state index in [1.807, 2.05) is 6.07 Å². The van der Waals surface area contributed by atoms with Crippen molar-refractivity contribution in [3.63, 3.8) is 0 Å². The van der Waals surface area contributed by atoms with Crippen LogP contribution in [0.4, 0.5) is 0 Å². The zero-order chi connectivity index (χ0) is 19.2. The molecule has 1 unspecified atom stereocenters. The molecule has 3 rings (SSSR count). The molecule has 2 aromatic rings. The summed E-state index contributed by atoms with van der Waals surface area (Å²) in [6, 6.07) is 14.8. The van der Waals surface area contributed by atoms with Gasteiger partial charge in [0.15, 0.2) is 11.5 Å². The lowest BCUT2D eigenvalue weighted by Crippen LogP contribution is -2.37. The maximum atomic E-state index is 10.8. The van der Waals surface area contributed by atoms with Crippen LogP contribution < -0.4 is 9.47 Å². The highest BCUT2D eigenvalue weighted by Gasteiger charge is 2.30. The van der Waals surface area contributed by atoms with Gasteiger partial charge in [0.05, 0.1) is 20.3 Å². The molecule has 5 heteroatoms. The molecule has 0 fully saturated rings. The second-order valence-corrected chi connectivity index (χ2v) is 6.86. The molecule has 1 aliphatic rings. The molecular weight excluding hydrogens is 342 g/mol. The number of unbranched alkanes of at least 4 members (excludes halogenated alkanes) is 1. The first-order chi connectivity index (χ1) is 13.1. The van der Waals surface area contributed by atoms with Crippen LogP contribution in [0.2, 0.25) is 0 Å². The third-order valence-electron chi connectivity index (χ3n) is 5.17. The predicted molar refractivity (Wildman–Crippen MR) is 105 cm³/mol. The zero-order valence-corrected chi connectivity index (χ0v) is 16.0. The number of aliphatic carboxylic acids is 1. The number of benzene rings is 2. The average Bonchev–Trinajstić information content (AvgIpc) is 2.70. The van der Waals surface area contributed by atoms with Crippen LogP contribution in [-0.2, 0) is 11.2 Å². The summed E-state index contributed by atoms with van der Waals surface area (Å²) in [5.74, 6) is 0.776. The smallest absolute Gasteiger partial charge is 0.303 e. The van der Waals surface area contributed by atoms with E-state index < -0.39 is 5.97 Å². The number of nitrogens with zero attached hydrogens (tertiary/aromatic N) is 1. The van der Waals surface area contributed by atoms with E-state index in [2.05, 4.69) is 41.3 Å². The molecule has 0 radical (unpaired) electrons. The number of rotatable bonds is 8. The number of hydrogen-bond donors (Lipinski definition) is 1. The van der Waals surface area contributed by atoms with Crippen molar-refractivity contribution in [3.05, 3.63) is 59.2 Å². The van der Waals surface area contributed by atoms with E-state index in [4.69, 9.17) is 14.6 Å². The highest BCUT2D eigenvalue weighted by atomic mass is 16.5. The largest absolute Gasteiger partial charge is 0.493 e. The van der Waals surface area contributed by atoms with Gasteiger partial charge >= 0.3 is 5.97 Å². The quantitative estimate of drug-likeness (QED) is 0.715. The van der Waals surface area contributed by atoms with Crippen LogP contribution in [0.5, 0.6) is 11.5 Å². The van der Waals surface area contributed by atoms with Crippen molar-refractivity contribution in [1.29, 1.82) is 0 Å². The Hall–Kier alpha value is -2.53. The molecule has 1 aliphatic heterocycles. The second-order valence-electron chi connectivity index (χ2n) is 6.86. The van der Waals surface area contributed by atoms with Gasteiger partial charge in [0.1, 0.15) is 0 Å². The molecule has 0 aromatic heterocycles. The van der Waals surface area contributed by atoms with Crippen LogP contribution in [-0.4, -0.2) is 43.3 Å². The zero-order valence-electron chi connectivity index (χ0n) is 16.0. The van der Waals surface area contributed by atoms with Crippen LogP contribution in [0.25, 0.3) is 0 Å². The van der Waals surface area contributed by atoms with Crippen molar-refractivity contribution in [1.82, 2.24) is 4.90 Å². The van der Waals surface area contributed by atoms with E-state index in [0.29, 0.717) is 6.42 Å². The number of carbonyl (C=O) groups is 1. The minimum Gasteiger partial charge on any atom is -0.493 e. The van der Waals surface area contributed by atoms with Gasteiger partial charge in [0.2, 0.25) is 0 Å². The van der Waals surface area contributed by atoms with Crippen molar-refractivity contribution in [2.45, 2.75) is 31.7 Å². The van der Waals surface area contributed by atoms with Crippen LogP contribution in [0.15, 0.2) is 42.5 Å². The molecule has 27 heavy (non-hydrogen) atoms. The van der Waals surface area contributed by atoms with Crippen molar-refractivity contribution < 1.29 is 19.4 Å². The van der Waals surface area contributed by atoms with Gasteiger partial charge in [-0.25, -0.2) is 0 Å². The number of carboxylic acid groups (broad SMARTS) is 1. The van der Waals surface area contributed by atoms with E-state index in [0.717, 1.165) is 37.4 Å². The average molecular weight is 369 g/mol. The fourth-order valence-electron chi connectivity index (χ4n) is 3.86. The minimum atomic E-state index is -0.726. The summed E-state index contributed by atoms with van der Waals surface area (Å²) in [6.45, 7) is 1.82. The Bertz CT molecular complexity index is 775. The second kappa shape index (κ2) is 8.91. The molecule has 0 aliphatic carbocycles. The first kappa shape index (κ1) is 19.2. The summed E-state index contributed by atoms with van der Waals surface area (Å²) in [4.78, 5) is 13.2. The molecular formula is C22H27NO4.